The fourth-order valence-corrected chi connectivity index (χ4v) is 2.17. The lowest BCUT2D eigenvalue weighted by Gasteiger charge is -2.26. The Bertz CT molecular complexity index is 118. The highest BCUT2D eigenvalue weighted by atomic mass is 14.9. The van der Waals surface area contributed by atoms with Crippen molar-refractivity contribution in [2.45, 2.75) is 78.8 Å². The molecule has 2 unspecified atom stereocenters. The second kappa shape index (κ2) is 8.28. The summed E-state index contributed by atoms with van der Waals surface area (Å²) in [4.78, 5) is 0. The molecular weight excluding hydrogens is 170 g/mol. The number of hydrogen-bond donors (Lipinski definition) is 1. The molecule has 1 heteroatoms. The predicted octanol–water partition coefficient (Wildman–Crippen LogP) is 3.98. The van der Waals surface area contributed by atoms with Crippen LogP contribution in [-0.2, 0) is 0 Å². The van der Waals surface area contributed by atoms with Crippen LogP contribution in [0.4, 0.5) is 0 Å². The van der Waals surface area contributed by atoms with Crippen LogP contribution in [0.5, 0.6) is 0 Å². The Balaban J connectivity index is 3.73. The topological polar surface area (TPSA) is 12.0 Å². The van der Waals surface area contributed by atoms with E-state index in [1.165, 1.54) is 32.1 Å². The van der Waals surface area contributed by atoms with E-state index in [-0.39, 0.29) is 0 Å². The van der Waals surface area contributed by atoms with E-state index < -0.39 is 0 Å². The van der Waals surface area contributed by atoms with E-state index in [1.54, 1.807) is 0 Å². The van der Waals surface area contributed by atoms with Crippen LogP contribution in [0.3, 0.4) is 0 Å². The first-order valence-electron chi connectivity index (χ1n) is 6.41. The molecule has 0 spiro atoms. The van der Waals surface area contributed by atoms with E-state index in [0.717, 1.165) is 5.92 Å². The summed E-state index contributed by atoms with van der Waals surface area (Å²) < 4.78 is 0. The van der Waals surface area contributed by atoms with Gasteiger partial charge < -0.3 is 5.32 Å². The third kappa shape index (κ3) is 5.64. The van der Waals surface area contributed by atoms with Crippen molar-refractivity contribution in [3.05, 3.63) is 0 Å². The maximum Gasteiger partial charge on any atom is 0.00692 e. The summed E-state index contributed by atoms with van der Waals surface area (Å²) >= 11 is 0. The highest BCUT2D eigenvalue weighted by molar-refractivity contribution is 4.73. The van der Waals surface area contributed by atoms with Crippen molar-refractivity contribution in [3.8, 4) is 0 Å². The predicted molar refractivity (Wildman–Crippen MR) is 65.7 cm³/mol. The minimum absolute atomic E-state index is 0.678. The second-order valence-corrected chi connectivity index (χ2v) is 4.58. The molecule has 0 bridgehead atoms. The van der Waals surface area contributed by atoms with Crippen LogP contribution in [0.25, 0.3) is 0 Å². The number of unbranched alkanes of at least 4 members (excludes halogenated alkanes) is 1. The van der Waals surface area contributed by atoms with E-state index in [2.05, 4.69) is 39.9 Å². The third-order valence-electron chi connectivity index (χ3n) is 3.29. The van der Waals surface area contributed by atoms with Crippen LogP contribution in [0.15, 0.2) is 0 Å². The van der Waals surface area contributed by atoms with Gasteiger partial charge >= 0.3 is 0 Å². The zero-order valence-corrected chi connectivity index (χ0v) is 10.8. The SMILES string of the molecule is CCCCC(C)NC(C)C(CC)CC. The van der Waals surface area contributed by atoms with Gasteiger partial charge in [-0.2, -0.15) is 0 Å². The maximum absolute atomic E-state index is 3.72. The zero-order valence-electron chi connectivity index (χ0n) is 10.8. The van der Waals surface area contributed by atoms with Crippen LogP contribution >= 0.6 is 0 Å². The number of hydrogen-bond acceptors (Lipinski definition) is 1. The van der Waals surface area contributed by atoms with Crippen LogP contribution < -0.4 is 5.32 Å². The summed E-state index contributed by atoms with van der Waals surface area (Å²) in [6.07, 6.45) is 6.58. The minimum Gasteiger partial charge on any atom is -0.312 e. The fourth-order valence-electron chi connectivity index (χ4n) is 2.17. The van der Waals surface area contributed by atoms with E-state index in [1.807, 2.05) is 0 Å². The first-order valence-corrected chi connectivity index (χ1v) is 6.41. The molecule has 0 aromatic carbocycles. The Kier molecular flexibility index (Phi) is 8.26. The van der Waals surface area contributed by atoms with E-state index in [4.69, 9.17) is 0 Å². The molecule has 0 aliphatic carbocycles. The van der Waals surface area contributed by atoms with Crippen LogP contribution in [0.1, 0.15) is 66.7 Å². The molecule has 0 heterocycles. The van der Waals surface area contributed by atoms with Crippen molar-refractivity contribution in [2.24, 2.45) is 5.92 Å². The molecule has 86 valence electrons. The molecule has 0 aliphatic heterocycles. The van der Waals surface area contributed by atoms with Crippen molar-refractivity contribution in [1.82, 2.24) is 5.32 Å². The van der Waals surface area contributed by atoms with Gasteiger partial charge in [-0.25, -0.2) is 0 Å². The average molecular weight is 199 g/mol. The van der Waals surface area contributed by atoms with Gasteiger partial charge in [-0.1, -0.05) is 46.5 Å². The van der Waals surface area contributed by atoms with Crippen molar-refractivity contribution >= 4 is 0 Å². The van der Waals surface area contributed by atoms with Gasteiger partial charge in [0.25, 0.3) is 0 Å². The van der Waals surface area contributed by atoms with E-state index in [9.17, 15) is 0 Å². The van der Waals surface area contributed by atoms with Crippen LogP contribution in [0.2, 0.25) is 0 Å². The van der Waals surface area contributed by atoms with Crippen LogP contribution in [-0.4, -0.2) is 12.1 Å². The first kappa shape index (κ1) is 14.0. The average Bonchev–Trinajstić information content (AvgIpc) is 2.16. The van der Waals surface area contributed by atoms with Gasteiger partial charge in [-0.3, -0.25) is 0 Å². The summed E-state index contributed by atoms with van der Waals surface area (Å²) in [7, 11) is 0. The van der Waals surface area contributed by atoms with Gasteiger partial charge in [0.15, 0.2) is 0 Å². The molecule has 1 nitrogen and oxygen atoms in total. The molecule has 2 atom stereocenters. The fraction of sp³-hybridized carbons (Fsp3) is 1.00. The standard InChI is InChI=1S/C13H29N/c1-6-9-10-11(4)14-12(5)13(7-2)8-3/h11-14H,6-10H2,1-5H3. The molecular formula is C13H29N. The molecule has 0 saturated carbocycles. The van der Waals surface area contributed by atoms with Gasteiger partial charge in [0.05, 0.1) is 0 Å². The van der Waals surface area contributed by atoms with Crippen LogP contribution in [0, 0.1) is 5.92 Å². The number of rotatable bonds is 8. The molecule has 0 aromatic rings. The first-order chi connectivity index (χ1) is 6.65. The van der Waals surface area contributed by atoms with Gasteiger partial charge in [0.2, 0.25) is 0 Å². The highest BCUT2D eigenvalue weighted by Gasteiger charge is 2.14. The lowest BCUT2D eigenvalue weighted by atomic mass is 9.94. The Morgan fingerprint density at radius 3 is 2.00 bits per heavy atom. The molecule has 0 saturated heterocycles. The molecule has 1 N–H and O–H groups in total. The maximum atomic E-state index is 3.72. The van der Waals surface area contributed by atoms with Gasteiger partial charge in [0, 0.05) is 12.1 Å². The lowest BCUT2D eigenvalue weighted by molar-refractivity contribution is 0.319. The normalized spacial score (nSPS) is 15.9. The van der Waals surface area contributed by atoms with E-state index >= 15 is 0 Å². The Morgan fingerprint density at radius 2 is 1.57 bits per heavy atom. The van der Waals surface area contributed by atoms with Gasteiger partial charge in [0.1, 0.15) is 0 Å². The molecule has 0 amide bonds. The summed E-state index contributed by atoms with van der Waals surface area (Å²) in [6.45, 7) is 11.5. The summed E-state index contributed by atoms with van der Waals surface area (Å²) in [6, 6.07) is 1.36. The van der Waals surface area contributed by atoms with Crippen molar-refractivity contribution < 1.29 is 0 Å². The zero-order chi connectivity index (χ0) is 11.0. The lowest BCUT2D eigenvalue weighted by Crippen LogP contribution is -2.39. The Hall–Kier alpha value is -0.0400. The molecule has 0 fully saturated rings. The van der Waals surface area contributed by atoms with Crippen molar-refractivity contribution in [1.29, 1.82) is 0 Å². The number of nitrogens with one attached hydrogen (secondary N) is 1. The third-order valence-corrected chi connectivity index (χ3v) is 3.29. The van der Waals surface area contributed by atoms with Crippen molar-refractivity contribution in [2.75, 3.05) is 0 Å². The summed E-state index contributed by atoms with van der Waals surface area (Å²) in [5.74, 6) is 0.846. The minimum atomic E-state index is 0.678. The molecule has 0 radical (unpaired) electrons. The molecule has 0 rings (SSSR count). The quantitative estimate of drug-likeness (QED) is 0.623. The molecule has 0 aliphatic rings. The molecule has 0 aromatic heterocycles. The monoisotopic (exact) mass is 199 g/mol. The Morgan fingerprint density at radius 1 is 1.00 bits per heavy atom. The highest BCUT2D eigenvalue weighted by Crippen LogP contribution is 2.14. The van der Waals surface area contributed by atoms with Gasteiger partial charge in [-0.05, 0) is 26.2 Å². The smallest absolute Gasteiger partial charge is 0.00692 e. The molecule has 14 heavy (non-hydrogen) atoms. The van der Waals surface area contributed by atoms with Crippen molar-refractivity contribution in [3.63, 3.8) is 0 Å². The van der Waals surface area contributed by atoms with Gasteiger partial charge in [-0.15, -0.1) is 0 Å². The van der Waals surface area contributed by atoms with E-state index in [0.29, 0.717) is 12.1 Å². The Labute approximate surface area is 90.7 Å². The summed E-state index contributed by atoms with van der Waals surface area (Å²) in [5, 5.41) is 3.72. The summed E-state index contributed by atoms with van der Waals surface area (Å²) in [5.41, 5.74) is 0. The second-order valence-electron chi connectivity index (χ2n) is 4.58. The largest absolute Gasteiger partial charge is 0.312 e.